The minimum Gasteiger partial charge on any atom is -0.362 e. The van der Waals surface area contributed by atoms with Gasteiger partial charge in [-0.25, -0.2) is 0 Å². The highest BCUT2D eigenvalue weighted by molar-refractivity contribution is 6.01. The summed E-state index contributed by atoms with van der Waals surface area (Å²) in [4.78, 5) is 11.2. The Morgan fingerprint density at radius 3 is 2.93 bits per heavy atom. The van der Waals surface area contributed by atoms with E-state index in [9.17, 15) is 0 Å². The summed E-state index contributed by atoms with van der Waals surface area (Å²) < 4.78 is 0. The molecule has 0 aromatic heterocycles. The van der Waals surface area contributed by atoms with E-state index in [2.05, 4.69) is 10.1 Å². The second kappa shape index (κ2) is 3.24. The van der Waals surface area contributed by atoms with Gasteiger partial charge in [-0.05, 0) is 0 Å². The molecule has 3 rings (SSSR count). The smallest absolute Gasteiger partial charge is 0.241 e. The third kappa shape index (κ3) is 1.30. The van der Waals surface area contributed by atoms with Gasteiger partial charge >= 0.3 is 0 Å². The van der Waals surface area contributed by atoms with Crippen molar-refractivity contribution in [2.75, 3.05) is 0 Å². The molecule has 0 aliphatic carbocycles. The van der Waals surface area contributed by atoms with E-state index in [-0.39, 0.29) is 6.23 Å². The topological polar surface area (TPSA) is 37.2 Å². The van der Waals surface area contributed by atoms with E-state index < -0.39 is 0 Å². The molecule has 0 saturated heterocycles. The molecule has 0 spiro atoms. The number of amidine groups is 1. The molecule has 0 radical (unpaired) electrons. The van der Waals surface area contributed by atoms with Gasteiger partial charge in [0.2, 0.25) is 6.23 Å². The largest absolute Gasteiger partial charge is 0.362 e. The van der Waals surface area contributed by atoms with E-state index in [1.807, 2.05) is 41.4 Å². The first-order chi connectivity index (χ1) is 7.45. The van der Waals surface area contributed by atoms with Crippen LogP contribution in [0.5, 0.6) is 0 Å². The Hall–Kier alpha value is -2.10. The Morgan fingerprint density at radius 1 is 1.20 bits per heavy atom. The third-order valence-corrected chi connectivity index (χ3v) is 2.32. The van der Waals surface area contributed by atoms with Crippen LogP contribution in [0.2, 0.25) is 0 Å². The van der Waals surface area contributed by atoms with Crippen LogP contribution in [0, 0.1) is 0 Å². The molecule has 0 amide bonds. The zero-order valence-corrected chi connectivity index (χ0v) is 7.95. The van der Waals surface area contributed by atoms with Crippen molar-refractivity contribution >= 4 is 12.1 Å². The molecule has 2 aliphatic heterocycles. The van der Waals surface area contributed by atoms with Crippen molar-refractivity contribution < 1.29 is 4.84 Å². The molecular formula is C11H9N3O. The average Bonchev–Trinajstić information content (AvgIpc) is 2.74. The monoisotopic (exact) mass is 199 g/mol. The quantitative estimate of drug-likeness (QED) is 0.688. The number of hydrogen-bond donors (Lipinski definition) is 0. The summed E-state index contributed by atoms with van der Waals surface area (Å²) >= 11 is 0. The fraction of sp³-hybridized carbons (Fsp3) is 0.0909. The van der Waals surface area contributed by atoms with Crippen molar-refractivity contribution in [3.05, 3.63) is 48.3 Å². The fourth-order valence-electron chi connectivity index (χ4n) is 1.60. The van der Waals surface area contributed by atoms with Crippen molar-refractivity contribution in [1.29, 1.82) is 0 Å². The van der Waals surface area contributed by atoms with Crippen molar-refractivity contribution in [3.8, 4) is 0 Å². The molecule has 1 aromatic rings. The Balaban J connectivity index is 1.96. The zero-order chi connectivity index (χ0) is 10.1. The lowest BCUT2D eigenvalue weighted by molar-refractivity contribution is 0.0822. The van der Waals surface area contributed by atoms with E-state index in [4.69, 9.17) is 4.84 Å². The molecule has 4 heteroatoms. The van der Waals surface area contributed by atoms with Gasteiger partial charge in [-0.15, -0.1) is 0 Å². The van der Waals surface area contributed by atoms with Crippen LogP contribution in [0.15, 0.2) is 52.9 Å². The molecule has 2 heterocycles. The van der Waals surface area contributed by atoms with Crippen LogP contribution in [0.25, 0.3) is 0 Å². The summed E-state index contributed by atoms with van der Waals surface area (Å²) in [7, 11) is 0. The fourth-order valence-corrected chi connectivity index (χ4v) is 1.60. The summed E-state index contributed by atoms with van der Waals surface area (Å²) in [5.74, 6) is 0.822. The Kier molecular flexibility index (Phi) is 1.78. The molecule has 0 N–H and O–H groups in total. The predicted molar refractivity (Wildman–Crippen MR) is 57.3 cm³/mol. The van der Waals surface area contributed by atoms with Crippen molar-refractivity contribution in [2.45, 2.75) is 6.23 Å². The van der Waals surface area contributed by atoms with Gasteiger partial charge in [-0.3, -0.25) is 9.89 Å². The maximum absolute atomic E-state index is 5.24. The minimum absolute atomic E-state index is 0.190. The van der Waals surface area contributed by atoms with Gasteiger partial charge in [-0.1, -0.05) is 35.5 Å². The van der Waals surface area contributed by atoms with Gasteiger partial charge in [0.25, 0.3) is 0 Å². The van der Waals surface area contributed by atoms with Crippen LogP contribution >= 0.6 is 0 Å². The number of benzene rings is 1. The minimum atomic E-state index is -0.190. The third-order valence-electron chi connectivity index (χ3n) is 2.32. The second-order valence-electron chi connectivity index (χ2n) is 3.28. The van der Waals surface area contributed by atoms with Gasteiger partial charge in [0.05, 0.1) is 6.21 Å². The number of nitrogens with zero attached hydrogens (tertiary/aromatic N) is 3. The highest BCUT2D eigenvalue weighted by Gasteiger charge is 2.29. The summed E-state index contributed by atoms with van der Waals surface area (Å²) in [6.07, 6.45) is 5.12. The Labute approximate surface area is 87.2 Å². The number of hydrogen-bond acceptors (Lipinski definition) is 4. The molecule has 1 atom stereocenters. The number of rotatable bonds is 1. The lowest BCUT2D eigenvalue weighted by atomic mass is 10.2. The lowest BCUT2D eigenvalue weighted by Crippen LogP contribution is -2.34. The standard InChI is InChI=1S/C11H9N3O/c1-2-4-9(5-3-1)11-13-15-10-8-12-6-7-14(10)11/h1-8,10H. The van der Waals surface area contributed by atoms with Crippen LogP contribution in [0.3, 0.4) is 0 Å². The van der Waals surface area contributed by atoms with E-state index in [1.165, 1.54) is 0 Å². The highest BCUT2D eigenvalue weighted by atomic mass is 16.7. The maximum Gasteiger partial charge on any atom is 0.241 e. The summed E-state index contributed by atoms with van der Waals surface area (Å²) in [6, 6.07) is 9.94. The number of aliphatic imine (C=N–C) groups is 1. The molecule has 0 saturated carbocycles. The normalized spacial score (nSPS) is 22.3. The van der Waals surface area contributed by atoms with Crippen molar-refractivity contribution in [3.63, 3.8) is 0 Å². The second-order valence-corrected chi connectivity index (χ2v) is 3.28. The first-order valence-corrected chi connectivity index (χ1v) is 4.73. The van der Waals surface area contributed by atoms with Crippen LogP contribution < -0.4 is 0 Å². The molecular weight excluding hydrogens is 190 g/mol. The lowest BCUT2D eigenvalue weighted by Gasteiger charge is -2.19. The van der Waals surface area contributed by atoms with Crippen molar-refractivity contribution in [1.82, 2.24) is 4.90 Å². The Morgan fingerprint density at radius 2 is 2.07 bits per heavy atom. The predicted octanol–water partition coefficient (Wildman–Crippen LogP) is 1.56. The van der Waals surface area contributed by atoms with Crippen molar-refractivity contribution in [2.24, 2.45) is 10.1 Å². The molecule has 15 heavy (non-hydrogen) atoms. The first-order valence-electron chi connectivity index (χ1n) is 4.73. The number of oxime groups is 1. The molecule has 0 bridgehead atoms. The highest BCUT2D eigenvalue weighted by Crippen LogP contribution is 2.19. The SMILES string of the molecule is C1=CN2C(c3ccccc3)=NOC2C=N1. The van der Waals surface area contributed by atoms with E-state index in [0.29, 0.717) is 0 Å². The zero-order valence-electron chi connectivity index (χ0n) is 7.95. The number of fused-ring (bicyclic) bond motifs is 1. The maximum atomic E-state index is 5.24. The Bertz CT molecular complexity index is 450. The molecule has 4 nitrogen and oxygen atoms in total. The summed E-state index contributed by atoms with van der Waals surface area (Å²) in [5.41, 5.74) is 1.04. The van der Waals surface area contributed by atoms with Crippen LogP contribution in [0.4, 0.5) is 0 Å². The molecule has 0 fully saturated rings. The molecule has 74 valence electrons. The summed E-state index contributed by atoms with van der Waals surface area (Å²) in [6.45, 7) is 0. The molecule has 1 aromatic carbocycles. The van der Waals surface area contributed by atoms with Crippen LogP contribution in [-0.4, -0.2) is 23.2 Å². The summed E-state index contributed by atoms with van der Waals surface area (Å²) in [5, 5.41) is 4.05. The van der Waals surface area contributed by atoms with E-state index in [1.54, 1.807) is 12.4 Å². The average molecular weight is 199 g/mol. The molecule has 2 aliphatic rings. The van der Waals surface area contributed by atoms with E-state index in [0.717, 1.165) is 11.4 Å². The van der Waals surface area contributed by atoms with Crippen LogP contribution in [0.1, 0.15) is 5.56 Å². The van der Waals surface area contributed by atoms with E-state index >= 15 is 0 Å². The first kappa shape index (κ1) is 8.23. The van der Waals surface area contributed by atoms with Crippen LogP contribution in [-0.2, 0) is 4.84 Å². The van der Waals surface area contributed by atoms with Gasteiger partial charge in [0.15, 0.2) is 5.84 Å². The van der Waals surface area contributed by atoms with Gasteiger partial charge < -0.3 is 4.84 Å². The molecule has 1 unspecified atom stereocenters. The van der Waals surface area contributed by atoms with Gasteiger partial charge in [0.1, 0.15) is 0 Å². The van der Waals surface area contributed by atoms with Gasteiger partial charge in [0, 0.05) is 18.0 Å². The van der Waals surface area contributed by atoms with Gasteiger partial charge in [-0.2, -0.15) is 0 Å².